The second-order valence-corrected chi connectivity index (χ2v) is 18.7. The lowest BCUT2D eigenvalue weighted by molar-refractivity contribution is 1.22. The molecule has 0 unspecified atom stereocenters. The first-order valence-corrected chi connectivity index (χ1v) is 24.0. The van der Waals surface area contributed by atoms with E-state index in [1.165, 1.54) is 147 Å². The highest BCUT2D eigenvalue weighted by molar-refractivity contribution is 6.32. The zero-order valence-corrected chi connectivity index (χ0v) is 37.6. The molecular weight excluding hydrogens is 831 g/mol. The molecule has 69 heavy (non-hydrogen) atoms. The smallest absolute Gasteiger partial charge is 0.0619 e. The lowest BCUT2D eigenvalue weighted by Gasteiger charge is -2.23. The number of aromatic nitrogens is 1. The van der Waals surface area contributed by atoms with E-state index < -0.39 is 0 Å². The Balaban J connectivity index is 1.09. The Kier molecular flexibility index (Phi) is 8.13. The summed E-state index contributed by atoms with van der Waals surface area (Å²) in [5, 5.41) is 22.5. The molecule has 0 radical (unpaired) electrons. The maximum absolute atomic E-state index is 2.58. The number of rotatable bonds is 4. The van der Waals surface area contributed by atoms with Crippen LogP contribution in [0.1, 0.15) is 0 Å². The fraction of sp³-hybridized carbons (Fsp3) is 0. The Bertz CT molecular complexity index is 4500. The third-order valence-corrected chi connectivity index (χ3v) is 15.1. The van der Waals surface area contributed by atoms with Gasteiger partial charge in [0.1, 0.15) is 0 Å². The van der Waals surface area contributed by atoms with Crippen LogP contribution in [0.4, 0.5) is 0 Å². The molecule has 318 valence electrons. The summed E-state index contributed by atoms with van der Waals surface area (Å²) in [7, 11) is 0. The molecule has 1 aromatic heterocycles. The van der Waals surface area contributed by atoms with Gasteiger partial charge >= 0.3 is 0 Å². The summed E-state index contributed by atoms with van der Waals surface area (Å²) in [5.41, 5.74) is 11.0. The highest BCUT2D eigenvalue weighted by Crippen LogP contribution is 2.51. The molecule has 14 aromatic carbocycles. The van der Waals surface area contributed by atoms with Crippen LogP contribution in [0.25, 0.3) is 147 Å². The molecule has 15 aromatic rings. The Hall–Kier alpha value is -9.04. The van der Waals surface area contributed by atoms with Crippen molar-refractivity contribution in [3.05, 3.63) is 249 Å². The molecule has 0 saturated heterocycles. The molecule has 1 heterocycles. The van der Waals surface area contributed by atoms with Gasteiger partial charge in [-0.05, 0) is 139 Å². The van der Waals surface area contributed by atoms with Gasteiger partial charge in [-0.2, -0.15) is 0 Å². The number of fused-ring (bicyclic) bond motifs is 13. The van der Waals surface area contributed by atoms with E-state index >= 15 is 0 Å². The quantitative estimate of drug-likeness (QED) is 0.155. The van der Waals surface area contributed by atoms with Crippen molar-refractivity contribution in [3.63, 3.8) is 0 Å². The van der Waals surface area contributed by atoms with Crippen molar-refractivity contribution in [1.29, 1.82) is 0 Å². The first-order valence-electron chi connectivity index (χ1n) is 24.0. The Labute approximate surface area is 398 Å². The van der Waals surface area contributed by atoms with Gasteiger partial charge in [-0.3, -0.25) is 0 Å². The molecule has 1 heteroatoms. The van der Waals surface area contributed by atoms with Crippen molar-refractivity contribution in [2.24, 2.45) is 0 Å². The summed E-state index contributed by atoms with van der Waals surface area (Å²) in [5.74, 6) is 0. The lowest BCUT2D eigenvalue weighted by Crippen LogP contribution is -2.00. The van der Waals surface area contributed by atoms with Crippen LogP contribution in [0.15, 0.2) is 249 Å². The molecule has 0 spiro atoms. The molecule has 0 N–H and O–H groups in total. The van der Waals surface area contributed by atoms with E-state index in [-0.39, 0.29) is 0 Å². The van der Waals surface area contributed by atoms with E-state index in [2.05, 4.69) is 253 Å². The van der Waals surface area contributed by atoms with Gasteiger partial charge in [0.25, 0.3) is 0 Å². The van der Waals surface area contributed by atoms with Gasteiger partial charge in [0.05, 0.1) is 16.7 Å². The van der Waals surface area contributed by atoms with Gasteiger partial charge in [0.2, 0.25) is 0 Å². The average Bonchev–Trinajstić information content (AvgIpc) is 3.76. The maximum Gasteiger partial charge on any atom is 0.0619 e. The molecule has 0 amide bonds. The Morgan fingerprint density at radius 3 is 1.26 bits per heavy atom. The molecular formula is C68H41N. The predicted molar refractivity (Wildman–Crippen MR) is 297 cm³/mol. The van der Waals surface area contributed by atoms with Crippen molar-refractivity contribution in [1.82, 2.24) is 4.57 Å². The maximum atomic E-state index is 2.58. The summed E-state index contributed by atoms with van der Waals surface area (Å²) in [6.07, 6.45) is 0. The molecule has 0 bridgehead atoms. The normalized spacial score (nSPS) is 12.1. The monoisotopic (exact) mass is 871 g/mol. The molecule has 0 fully saturated rings. The SMILES string of the molecule is c1ccc(-c2c3ccccc3c(-c3c4ccccc4c(-n4c5ccc6ccccc6c5c5c6ccccc6ccc54)c4ccccc34)c3ccc(-c4cccc5cc6ccccc6cc45)cc23)cc1. The molecule has 1 nitrogen and oxygen atoms in total. The highest BCUT2D eigenvalue weighted by Gasteiger charge is 2.25. The first kappa shape index (κ1) is 38.1. The number of benzene rings is 14. The highest BCUT2D eigenvalue weighted by atomic mass is 15.0. The zero-order valence-electron chi connectivity index (χ0n) is 37.6. The third-order valence-electron chi connectivity index (χ3n) is 15.1. The Morgan fingerprint density at radius 1 is 0.217 bits per heavy atom. The van der Waals surface area contributed by atoms with Crippen molar-refractivity contribution in [2.45, 2.75) is 0 Å². The van der Waals surface area contributed by atoms with Crippen LogP contribution in [-0.4, -0.2) is 4.57 Å². The fourth-order valence-corrected chi connectivity index (χ4v) is 12.2. The second kappa shape index (κ2) is 14.7. The van der Waals surface area contributed by atoms with E-state index in [0.717, 1.165) is 0 Å². The third kappa shape index (κ3) is 5.53. The van der Waals surface area contributed by atoms with Gasteiger partial charge in [-0.1, -0.05) is 218 Å². The molecule has 0 aliphatic heterocycles. The summed E-state index contributed by atoms with van der Waals surface area (Å²) < 4.78 is 2.58. The molecule has 15 rings (SSSR count). The fourth-order valence-electron chi connectivity index (χ4n) is 12.2. The molecule has 0 aliphatic carbocycles. The zero-order chi connectivity index (χ0) is 45.2. The summed E-state index contributed by atoms with van der Waals surface area (Å²) >= 11 is 0. The van der Waals surface area contributed by atoms with Crippen LogP contribution in [0.2, 0.25) is 0 Å². The summed E-state index contributed by atoms with van der Waals surface area (Å²) in [6, 6.07) is 92.9. The minimum Gasteiger partial charge on any atom is -0.308 e. The summed E-state index contributed by atoms with van der Waals surface area (Å²) in [4.78, 5) is 0. The number of hydrogen-bond acceptors (Lipinski definition) is 0. The number of nitrogens with zero attached hydrogens (tertiary/aromatic N) is 1. The topological polar surface area (TPSA) is 4.93 Å². The lowest BCUT2D eigenvalue weighted by atomic mass is 9.81. The van der Waals surface area contributed by atoms with E-state index in [1.807, 2.05) is 0 Å². The average molecular weight is 872 g/mol. The van der Waals surface area contributed by atoms with Gasteiger partial charge in [0.15, 0.2) is 0 Å². The van der Waals surface area contributed by atoms with Crippen molar-refractivity contribution in [3.8, 4) is 39.1 Å². The van der Waals surface area contributed by atoms with E-state index in [9.17, 15) is 0 Å². The van der Waals surface area contributed by atoms with Gasteiger partial charge < -0.3 is 4.57 Å². The molecule has 0 atom stereocenters. The van der Waals surface area contributed by atoms with Crippen LogP contribution in [0.5, 0.6) is 0 Å². The number of hydrogen-bond donors (Lipinski definition) is 0. The molecule has 0 saturated carbocycles. The van der Waals surface area contributed by atoms with Crippen LogP contribution < -0.4 is 0 Å². The minimum atomic E-state index is 1.20. The van der Waals surface area contributed by atoms with E-state index in [4.69, 9.17) is 0 Å². The van der Waals surface area contributed by atoms with Crippen LogP contribution in [-0.2, 0) is 0 Å². The van der Waals surface area contributed by atoms with Gasteiger partial charge in [0, 0.05) is 21.5 Å². The van der Waals surface area contributed by atoms with Crippen molar-refractivity contribution in [2.75, 3.05) is 0 Å². The minimum absolute atomic E-state index is 1.20. The van der Waals surface area contributed by atoms with E-state index in [0.29, 0.717) is 0 Å². The predicted octanol–water partition coefficient (Wildman–Crippen LogP) is 19.0. The van der Waals surface area contributed by atoms with Gasteiger partial charge in [-0.25, -0.2) is 0 Å². The van der Waals surface area contributed by atoms with Gasteiger partial charge in [-0.15, -0.1) is 0 Å². The van der Waals surface area contributed by atoms with Crippen molar-refractivity contribution < 1.29 is 0 Å². The molecule has 0 aliphatic rings. The first-order chi connectivity index (χ1) is 34.3. The Morgan fingerprint density at radius 2 is 0.667 bits per heavy atom. The second-order valence-electron chi connectivity index (χ2n) is 18.7. The van der Waals surface area contributed by atoms with E-state index in [1.54, 1.807) is 0 Å². The van der Waals surface area contributed by atoms with Crippen LogP contribution >= 0.6 is 0 Å². The van der Waals surface area contributed by atoms with Crippen LogP contribution in [0.3, 0.4) is 0 Å². The van der Waals surface area contributed by atoms with Crippen molar-refractivity contribution >= 4 is 108 Å². The standard InChI is InChI=1S/C68H41N/c1-2-19-44(20-3-1)63-52-26-10-11-27-53(52)64(56-36-33-48(41-60(56)63)49-32-16-23-47-39-45-21-4-5-22-46(45)40-59(47)49)65-54-28-12-14-30-57(54)68(58-31-15-13-29-55(58)65)69-61-37-34-42-17-6-8-24-50(42)66(61)67-51-25-9-7-18-43(51)35-38-62(67)69/h1-41H. The summed E-state index contributed by atoms with van der Waals surface area (Å²) in [6.45, 7) is 0. The largest absolute Gasteiger partial charge is 0.308 e. The van der Waals surface area contributed by atoms with Crippen LogP contribution in [0, 0.1) is 0 Å².